The monoisotopic (exact) mass is 449 g/mol. The quantitative estimate of drug-likeness (QED) is 0.497. The molecule has 160 valence electrons. The van der Waals surface area contributed by atoms with E-state index in [-0.39, 0.29) is 35.6 Å². The van der Waals surface area contributed by atoms with Gasteiger partial charge >= 0.3 is 0 Å². The van der Waals surface area contributed by atoms with Crippen LogP contribution in [0.1, 0.15) is 10.5 Å². The maximum absolute atomic E-state index is 13.1. The number of nitrogens with one attached hydrogen (secondary N) is 1. The van der Waals surface area contributed by atoms with Crippen molar-refractivity contribution in [2.75, 3.05) is 18.4 Å². The van der Waals surface area contributed by atoms with Gasteiger partial charge in [0.1, 0.15) is 6.54 Å². The highest BCUT2D eigenvalue weighted by molar-refractivity contribution is 6.30. The molecule has 2 aromatic carbocycles. The average Bonchev–Trinajstić information content (AvgIpc) is 3.45. The van der Waals surface area contributed by atoms with E-state index in [0.29, 0.717) is 29.6 Å². The fourth-order valence-electron chi connectivity index (χ4n) is 3.37. The summed E-state index contributed by atoms with van der Waals surface area (Å²) >= 11 is 5.86. The minimum absolute atomic E-state index is 0.0888. The molecule has 32 heavy (non-hydrogen) atoms. The van der Waals surface area contributed by atoms with Gasteiger partial charge in [-0.1, -0.05) is 52.3 Å². The van der Waals surface area contributed by atoms with Crippen molar-refractivity contribution in [2.24, 2.45) is 0 Å². The van der Waals surface area contributed by atoms with E-state index in [1.807, 2.05) is 30.3 Å². The predicted octanol–water partition coefficient (Wildman–Crippen LogP) is 2.74. The number of hydrogen-bond acceptors (Lipinski definition) is 7. The van der Waals surface area contributed by atoms with E-state index < -0.39 is 0 Å². The zero-order chi connectivity index (χ0) is 22.1. The van der Waals surface area contributed by atoms with E-state index in [2.05, 4.69) is 25.8 Å². The lowest BCUT2D eigenvalue weighted by Crippen LogP contribution is -2.44. The lowest BCUT2D eigenvalue weighted by Gasteiger charge is -2.26. The zero-order valence-corrected chi connectivity index (χ0v) is 17.4. The summed E-state index contributed by atoms with van der Waals surface area (Å²) in [6.07, 6.45) is 0. The second-order valence-corrected chi connectivity index (χ2v) is 7.52. The van der Waals surface area contributed by atoms with Gasteiger partial charge in [0, 0.05) is 22.8 Å². The molecule has 1 aliphatic heterocycles. The van der Waals surface area contributed by atoms with Crippen LogP contribution in [0.25, 0.3) is 23.0 Å². The van der Waals surface area contributed by atoms with Gasteiger partial charge in [0.2, 0.25) is 11.7 Å². The van der Waals surface area contributed by atoms with Crippen LogP contribution in [0.2, 0.25) is 5.02 Å². The summed E-state index contributed by atoms with van der Waals surface area (Å²) in [7, 11) is 0. The molecule has 5 rings (SSSR count). The van der Waals surface area contributed by atoms with Gasteiger partial charge < -0.3 is 14.7 Å². The fourth-order valence-corrected chi connectivity index (χ4v) is 3.50. The molecular weight excluding hydrogens is 434 g/mol. The summed E-state index contributed by atoms with van der Waals surface area (Å²) in [4.78, 5) is 31.4. The van der Waals surface area contributed by atoms with E-state index in [9.17, 15) is 9.59 Å². The number of carbonyl (C=O) groups is 2. The van der Waals surface area contributed by atoms with Crippen molar-refractivity contribution in [1.29, 1.82) is 0 Å². The first-order valence-corrected chi connectivity index (χ1v) is 10.1. The fraction of sp³-hybridized carbons (Fsp3) is 0.143. The normalized spacial score (nSPS) is 13.2. The Balaban J connectivity index is 1.34. The molecule has 11 heteroatoms. The third-order valence-corrected chi connectivity index (χ3v) is 5.18. The summed E-state index contributed by atoms with van der Waals surface area (Å²) in [6.45, 7) is 0.592. The second kappa shape index (κ2) is 8.23. The summed E-state index contributed by atoms with van der Waals surface area (Å²) in [5.41, 5.74) is 1.76. The Hall–Kier alpha value is -4.05. The van der Waals surface area contributed by atoms with Crippen LogP contribution in [-0.2, 0) is 11.3 Å². The molecule has 0 bridgehead atoms. The van der Waals surface area contributed by atoms with Crippen LogP contribution in [0, 0.1) is 0 Å². The van der Waals surface area contributed by atoms with Crippen molar-refractivity contribution in [3.05, 3.63) is 65.3 Å². The molecule has 0 fully saturated rings. The molecule has 1 aliphatic rings. The number of anilines is 1. The van der Waals surface area contributed by atoms with Gasteiger partial charge in [-0.3, -0.25) is 9.59 Å². The maximum atomic E-state index is 13.1. The summed E-state index contributed by atoms with van der Waals surface area (Å²) in [5, 5.41) is 15.4. The molecule has 2 amide bonds. The van der Waals surface area contributed by atoms with Crippen LogP contribution in [0.15, 0.2) is 59.1 Å². The first-order chi connectivity index (χ1) is 15.6. The van der Waals surface area contributed by atoms with Gasteiger partial charge in [-0.15, -0.1) is 5.10 Å². The number of fused-ring (bicyclic) bond motifs is 1. The maximum Gasteiger partial charge on any atom is 0.281 e. The lowest BCUT2D eigenvalue weighted by molar-refractivity contribution is -0.117. The Bertz CT molecular complexity index is 1280. The van der Waals surface area contributed by atoms with Crippen molar-refractivity contribution < 1.29 is 14.1 Å². The summed E-state index contributed by atoms with van der Waals surface area (Å²) in [6, 6.07) is 16.0. The number of aromatic nitrogens is 5. The van der Waals surface area contributed by atoms with E-state index in [1.54, 1.807) is 24.3 Å². The Kier molecular flexibility index (Phi) is 5.12. The topological polar surface area (TPSA) is 119 Å². The number of benzene rings is 2. The highest BCUT2D eigenvalue weighted by Gasteiger charge is 2.33. The van der Waals surface area contributed by atoms with Crippen molar-refractivity contribution in [1.82, 2.24) is 30.0 Å². The Labute approximate surface area is 186 Å². The Morgan fingerprint density at radius 3 is 2.66 bits per heavy atom. The molecule has 2 aromatic heterocycles. The minimum Gasteiger partial charge on any atom is -0.332 e. The number of hydrogen-bond donors (Lipinski definition) is 1. The van der Waals surface area contributed by atoms with Crippen LogP contribution in [0.3, 0.4) is 0 Å². The van der Waals surface area contributed by atoms with E-state index >= 15 is 0 Å². The highest BCUT2D eigenvalue weighted by Crippen LogP contribution is 2.26. The molecule has 4 aromatic rings. The van der Waals surface area contributed by atoms with Gasteiger partial charge in [0.15, 0.2) is 11.4 Å². The average molecular weight is 450 g/mol. The smallest absolute Gasteiger partial charge is 0.281 e. The molecule has 0 radical (unpaired) electrons. The SMILES string of the molecule is O=C(CN1CCn2nnc(-c3nc(-c4ccccc4)no3)c2C1=O)Nc1ccc(Cl)cc1. The molecule has 0 unspecified atom stereocenters. The first kappa shape index (κ1) is 19.9. The summed E-state index contributed by atoms with van der Waals surface area (Å²) in [5.74, 6) is -0.245. The second-order valence-electron chi connectivity index (χ2n) is 7.08. The number of halogens is 1. The molecule has 0 spiro atoms. The molecule has 1 N–H and O–H groups in total. The molecule has 0 aliphatic carbocycles. The third kappa shape index (κ3) is 3.83. The van der Waals surface area contributed by atoms with Crippen LogP contribution < -0.4 is 5.32 Å². The van der Waals surface area contributed by atoms with Crippen LogP contribution in [0.4, 0.5) is 5.69 Å². The number of nitrogens with zero attached hydrogens (tertiary/aromatic N) is 6. The first-order valence-electron chi connectivity index (χ1n) is 9.76. The third-order valence-electron chi connectivity index (χ3n) is 4.93. The standard InChI is InChI=1S/C21H16ClN7O3/c22-14-6-8-15(9-7-14)23-16(30)12-28-10-11-29-18(21(28)31)17(25-27-29)20-24-19(26-32-20)13-4-2-1-3-5-13/h1-9H,10-12H2,(H,23,30). The van der Waals surface area contributed by atoms with Crippen LogP contribution >= 0.6 is 11.6 Å². The summed E-state index contributed by atoms with van der Waals surface area (Å²) < 4.78 is 6.83. The number of amides is 2. The van der Waals surface area contributed by atoms with Gasteiger partial charge in [0.05, 0.1) is 6.54 Å². The molecule has 10 nitrogen and oxygen atoms in total. The molecule has 0 saturated heterocycles. The van der Waals surface area contributed by atoms with Gasteiger partial charge in [-0.05, 0) is 24.3 Å². The minimum atomic E-state index is -0.387. The molecule has 3 heterocycles. The molecular formula is C21H16ClN7O3. The van der Waals surface area contributed by atoms with Gasteiger partial charge in [-0.2, -0.15) is 4.98 Å². The zero-order valence-electron chi connectivity index (χ0n) is 16.6. The Morgan fingerprint density at radius 2 is 1.88 bits per heavy atom. The number of rotatable bonds is 5. The van der Waals surface area contributed by atoms with Crippen LogP contribution in [-0.4, -0.2) is 54.9 Å². The van der Waals surface area contributed by atoms with E-state index in [4.69, 9.17) is 16.1 Å². The largest absolute Gasteiger partial charge is 0.332 e. The van der Waals surface area contributed by atoms with Gasteiger partial charge in [-0.25, -0.2) is 4.68 Å². The molecule has 0 saturated carbocycles. The predicted molar refractivity (Wildman–Crippen MR) is 115 cm³/mol. The van der Waals surface area contributed by atoms with Crippen molar-refractivity contribution in [3.63, 3.8) is 0 Å². The number of carbonyl (C=O) groups excluding carboxylic acids is 2. The van der Waals surface area contributed by atoms with Crippen molar-refractivity contribution in [2.45, 2.75) is 6.54 Å². The lowest BCUT2D eigenvalue weighted by atomic mass is 10.2. The van der Waals surface area contributed by atoms with E-state index in [1.165, 1.54) is 9.58 Å². The van der Waals surface area contributed by atoms with Crippen molar-refractivity contribution in [3.8, 4) is 23.0 Å². The van der Waals surface area contributed by atoms with Crippen molar-refractivity contribution >= 4 is 29.1 Å². The highest BCUT2D eigenvalue weighted by atomic mass is 35.5. The van der Waals surface area contributed by atoms with Crippen LogP contribution in [0.5, 0.6) is 0 Å². The van der Waals surface area contributed by atoms with Gasteiger partial charge in [0.25, 0.3) is 11.8 Å². The molecule has 0 atom stereocenters. The van der Waals surface area contributed by atoms with E-state index in [0.717, 1.165) is 5.56 Å². The Morgan fingerprint density at radius 1 is 1.09 bits per heavy atom.